The van der Waals surface area contributed by atoms with Gasteiger partial charge in [0.1, 0.15) is 0 Å². The molecule has 0 radical (unpaired) electrons. The van der Waals surface area contributed by atoms with Gasteiger partial charge in [-0.3, -0.25) is 9.59 Å². The first kappa shape index (κ1) is 17.4. The van der Waals surface area contributed by atoms with Crippen LogP contribution in [0.15, 0.2) is 36.5 Å². The van der Waals surface area contributed by atoms with Crippen molar-refractivity contribution in [1.29, 1.82) is 0 Å². The molecule has 0 bridgehead atoms. The third-order valence-electron chi connectivity index (χ3n) is 2.49. The summed E-state index contributed by atoms with van der Waals surface area (Å²) in [5, 5.41) is 8.44. The summed E-state index contributed by atoms with van der Waals surface area (Å²) in [6.07, 6.45) is 16.3. The van der Waals surface area contributed by atoms with Gasteiger partial charge < -0.3 is 5.11 Å². The molecule has 106 valence electrons. The largest absolute Gasteiger partial charge is 0.481 e. The summed E-state index contributed by atoms with van der Waals surface area (Å²) in [6, 6.07) is 0. The van der Waals surface area contributed by atoms with Crippen LogP contribution in [0.4, 0.5) is 0 Å². The van der Waals surface area contributed by atoms with Crippen molar-refractivity contribution in [3.8, 4) is 0 Å². The second-order valence-electron chi connectivity index (χ2n) is 4.35. The van der Waals surface area contributed by atoms with Crippen LogP contribution in [0, 0.1) is 0 Å². The van der Waals surface area contributed by atoms with Crippen LogP contribution in [0.2, 0.25) is 0 Å². The average molecular weight is 264 g/mol. The van der Waals surface area contributed by atoms with Crippen LogP contribution in [-0.2, 0) is 9.59 Å². The van der Waals surface area contributed by atoms with Crippen LogP contribution in [0.5, 0.6) is 0 Å². The highest BCUT2D eigenvalue weighted by molar-refractivity contribution is 5.89. The van der Waals surface area contributed by atoms with Crippen molar-refractivity contribution in [3.05, 3.63) is 36.5 Å². The molecule has 19 heavy (non-hydrogen) atoms. The quantitative estimate of drug-likeness (QED) is 0.265. The number of hydrogen-bond acceptors (Lipinski definition) is 2. The molecule has 0 spiro atoms. The number of allylic oxidation sites excluding steroid dienone is 6. The molecule has 0 aromatic carbocycles. The lowest BCUT2D eigenvalue weighted by molar-refractivity contribution is -0.137. The monoisotopic (exact) mass is 264 g/mol. The van der Waals surface area contributed by atoms with E-state index >= 15 is 0 Å². The van der Waals surface area contributed by atoms with E-state index < -0.39 is 5.97 Å². The number of hydrogen-bond donors (Lipinski definition) is 1. The molecule has 0 saturated carbocycles. The van der Waals surface area contributed by atoms with Gasteiger partial charge in [-0.15, -0.1) is 0 Å². The molecule has 0 atom stereocenters. The lowest BCUT2D eigenvalue weighted by Crippen LogP contribution is -1.96. The summed E-state index contributed by atoms with van der Waals surface area (Å²) >= 11 is 0. The zero-order valence-electron chi connectivity index (χ0n) is 11.7. The highest BCUT2D eigenvalue weighted by atomic mass is 16.4. The fraction of sp³-hybridized carbons (Fsp3) is 0.500. The molecule has 1 N–H and O–H groups in total. The Hall–Kier alpha value is -1.64. The first-order chi connectivity index (χ1) is 9.16. The number of aliphatic carboxylic acids is 1. The molecule has 0 heterocycles. The maximum Gasteiger partial charge on any atom is 0.303 e. The molecule has 3 nitrogen and oxygen atoms in total. The van der Waals surface area contributed by atoms with Crippen molar-refractivity contribution >= 4 is 11.8 Å². The fourth-order valence-electron chi connectivity index (χ4n) is 1.44. The van der Waals surface area contributed by atoms with Crippen molar-refractivity contribution in [1.82, 2.24) is 0 Å². The van der Waals surface area contributed by atoms with Crippen molar-refractivity contribution < 1.29 is 14.7 Å². The second-order valence-corrected chi connectivity index (χ2v) is 4.35. The molecule has 0 fully saturated rings. The molecule has 0 aliphatic heterocycles. The van der Waals surface area contributed by atoms with Gasteiger partial charge in [0, 0.05) is 12.8 Å². The molecule has 0 saturated heterocycles. The summed E-state index contributed by atoms with van der Waals surface area (Å²) in [7, 11) is 0. The Balaban J connectivity index is 3.61. The van der Waals surface area contributed by atoms with E-state index in [1.807, 2.05) is 12.2 Å². The first-order valence-electron chi connectivity index (χ1n) is 6.89. The van der Waals surface area contributed by atoms with E-state index in [4.69, 9.17) is 5.11 Å². The van der Waals surface area contributed by atoms with E-state index in [0.29, 0.717) is 19.3 Å². The standard InChI is InChI=1S/C16H24O3/c1-2-3-4-5-6-7-8-9-12-15(17)13-10-11-14-16(18)19/h4-5,7-9,12H,2-3,6,10-11,13-14H2,1H3,(H,18,19). The number of ketones is 1. The van der Waals surface area contributed by atoms with Crippen molar-refractivity contribution in [2.75, 3.05) is 0 Å². The Morgan fingerprint density at radius 1 is 1.00 bits per heavy atom. The normalized spacial score (nSPS) is 11.8. The number of rotatable bonds is 11. The number of carbonyl (C=O) groups is 2. The number of carboxylic acid groups (broad SMARTS) is 1. The van der Waals surface area contributed by atoms with E-state index in [2.05, 4.69) is 19.1 Å². The zero-order chi connectivity index (χ0) is 14.3. The highest BCUT2D eigenvalue weighted by Crippen LogP contribution is 2.01. The van der Waals surface area contributed by atoms with Crippen LogP contribution in [-0.4, -0.2) is 16.9 Å². The SMILES string of the molecule is CCCC=CCC=CC=CC(=O)CCCCC(=O)O. The minimum absolute atomic E-state index is 0.0524. The van der Waals surface area contributed by atoms with Gasteiger partial charge in [-0.2, -0.15) is 0 Å². The Labute approximate surface area is 115 Å². The molecule has 3 heteroatoms. The maximum absolute atomic E-state index is 11.4. The van der Waals surface area contributed by atoms with Gasteiger partial charge in [0.2, 0.25) is 0 Å². The van der Waals surface area contributed by atoms with E-state index in [9.17, 15) is 9.59 Å². The third-order valence-corrected chi connectivity index (χ3v) is 2.49. The molecule has 0 aromatic heterocycles. The van der Waals surface area contributed by atoms with Gasteiger partial charge in [0.05, 0.1) is 0 Å². The van der Waals surface area contributed by atoms with Gasteiger partial charge in [0.15, 0.2) is 5.78 Å². The lowest BCUT2D eigenvalue weighted by atomic mass is 10.1. The molecule has 0 aliphatic carbocycles. The highest BCUT2D eigenvalue weighted by Gasteiger charge is 1.99. The minimum Gasteiger partial charge on any atom is -0.481 e. The predicted octanol–water partition coefficient (Wildman–Crippen LogP) is 4.06. The number of carbonyl (C=O) groups excluding carboxylic acids is 1. The molecule has 0 aromatic rings. The van der Waals surface area contributed by atoms with Gasteiger partial charge in [-0.1, -0.05) is 43.7 Å². The second kappa shape index (κ2) is 12.8. The van der Waals surface area contributed by atoms with Crippen molar-refractivity contribution in [2.24, 2.45) is 0 Å². The minimum atomic E-state index is -0.804. The third kappa shape index (κ3) is 14.3. The molecular formula is C16H24O3. The Bertz CT molecular complexity index is 338. The molecule has 0 rings (SSSR count). The summed E-state index contributed by atoms with van der Waals surface area (Å²) in [5.74, 6) is -0.751. The van der Waals surface area contributed by atoms with Gasteiger partial charge in [0.25, 0.3) is 0 Å². The average Bonchev–Trinajstić information content (AvgIpc) is 2.37. The Morgan fingerprint density at radius 3 is 2.42 bits per heavy atom. The van der Waals surface area contributed by atoms with Crippen molar-refractivity contribution in [3.63, 3.8) is 0 Å². The van der Waals surface area contributed by atoms with Crippen molar-refractivity contribution in [2.45, 2.75) is 51.9 Å². The van der Waals surface area contributed by atoms with Gasteiger partial charge in [-0.05, 0) is 31.8 Å². The maximum atomic E-state index is 11.4. The van der Waals surface area contributed by atoms with E-state index in [-0.39, 0.29) is 12.2 Å². The fourth-order valence-corrected chi connectivity index (χ4v) is 1.44. The summed E-state index contributed by atoms with van der Waals surface area (Å²) in [4.78, 5) is 21.6. The van der Waals surface area contributed by atoms with E-state index in [1.54, 1.807) is 12.2 Å². The van der Waals surface area contributed by atoms with Crippen LogP contribution < -0.4 is 0 Å². The van der Waals surface area contributed by atoms with Crippen LogP contribution >= 0.6 is 0 Å². The summed E-state index contributed by atoms with van der Waals surface area (Å²) in [5.41, 5.74) is 0. The zero-order valence-corrected chi connectivity index (χ0v) is 11.7. The van der Waals surface area contributed by atoms with E-state index in [1.165, 1.54) is 0 Å². The van der Waals surface area contributed by atoms with Crippen LogP contribution in [0.25, 0.3) is 0 Å². The van der Waals surface area contributed by atoms with Gasteiger partial charge >= 0.3 is 5.97 Å². The first-order valence-corrected chi connectivity index (χ1v) is 6.89. The Morgan fingerprint density at radius 2 is 1.74 bits per heavy atom. The molecule has 0 unspecified atom stereocenters. The predicted molar refractivity (Wildman–Crippen MR) is 78.1 cm³/mol. The molecule has 0 amide bonds. The smallest absolute Gasteiger partial charge is 0.303 e. The van der Waals surface area contributed by atoms with E-state index in [0.717, 1.165) is 19.3 Å². The number of carboxylic acids is 1. The van der Waals surface area contributed by atoms with Gasteiger partial charge in [-0.25, -0.2) is 0 Å². The van der Waals surface area contributed by atoms with Crippen LogP contribution in [0.1, 0.15) is 51.9 Å². The summed E-state index contributed by atoms with van der Waals surface area (Å²) in [6.45, 7) is 2.14. The number of unbranched alkanes of at least 4 members (excludes halogenated alkanes) is 2. The lowest BCUT2D eigenvalue weighted by Gasteiger charge is -1.94. The molecule has 0 aliphatic rings. The molecular weight excluding hydrogens is 240 g/mol. The topological polar surface area (TPSA) is 54.4 Å². The Kier molecular flexibility index (Phi) is 11.7. The van der Waals surface area contributed by atoms with Crippen LogP contribution in [0.3, 0.4) is 0 Å². The summed E-state index contributed by atoms with van der Waals surface area (Å²) < 4.78 is 0.